The third kappa shape index (κ3) is 4.21. The van der Waals surface area contributed by atoms with E-state index in [0.29, 0.717) is 18.9 Å². The lowest BCUT2D eigenvalue weighted by Gasteiger charge is -2.20. The molecular weight excluding hydrogens is 264 g/mol. The van der Waals surface area contributed by atoms with Gasteiger partial charge in [-0.25, -0.2) is 4.79 Å². The highest BCUT2D eigenvalue weighted by Gasteiger charge is 2.30. The average molecular weight is 290 g/mol. The van der Waals surface area contributed by atoms with Crippen molar-refractivity contribution in [3.05, 3.63) is 35.4 Å². The molecule has 1 aromatic rings. The summed E-state index contributed by atoms with van der Waals surface area (Å²) in [5.74, 6) is 0.687. The Morgan fingerprint density at radius 3 is 2.81 bits per heavy atom. The SMILES string of the molecule is CC(O)CC(C)CNC(=O)NC1c2ccccc2CC1C. The van der Waals surface area contributed by atoms with E-state index in [1.807, 2.05) is 19.1 Å². The fraction of sp³-hybridized carbons (Fsp3) is 0.588. The molecule has 116 valence electrons. The number of benzene rings is 1. The van der Waals surface area contributed by atoms with Gasteiger partial charge >= 0.3 is 6.03 Å². The third-order valence-electron chi connectivity index (χ3n) is 4.14. The van der Waals surface area contributed by atoms with E-state index in [1.54, 1.807) is 6.92 Å². The van der Waals surface area contributed by atoms with E-state index in [1.165, 1.54) is 11.1 Å². The molecule has 0 radical (unpaired) electrons. The lowest BCUT2D eigenvalue weighted by molar-refractivity contribution is 0.163. The van der Waals surface area contributed by atoms with Crippen molar-refractivity contribution in [1.82, 2.24) is 10.6 Å². The van der Waals surface area contributed by atoms with Gasteiger partial charge in [0.05, 0.1) is 12.1 Å². The third-order valence-corrected chi connectivity index (χ3v) is 4.14. The molecule has 4 atom stereocenters. The number of carbonyl (C=O) groups is 1. The molecule has 0 spiro atoms. The minimum Gasteiger partial charge on any atom is -0.393 e. The first kappa shape index (κ1) is 15.8. The monoisotopic (exact) mass is 290 g/mol. The number of rotatable bonds is 5. The highest BCUT2D eigenvalue weighted by atomic mass is 16.3. The van der Waals surface area contributed by atoms with Gasteiger partial charge in [0.1, 0.15) is 0 Å². The molecule has 21 heavy (non-hydrogen) atoms. The zero-order valence-electron chi connectivity index (χ0n) is 13.1. The van der Waals surface area contributed by atoms with Gasteiger partial charge in [-0.1, -0.05) is 38.1 Å². The van der Waals surface area contributed by atoms with Crippen LogP contribution in [-0.2, 0) is 6.42 Å². The van der Waals surface area contributed by atoms with Crippen LogP contribution < -0.4 is 10.6 Å². The number of carbonyl (C=O) groups excluding carboxylic acids is 1. The van der Waals surface area contributed by atoms with Crippen LogP contribution in [0.1, 0.15) is 44.4 Å². The summed E-state index contributed by atoms with van der Waals surface area (Å²) in [6.07, 6.45) is 1.38. The Morgan fingerprint density at radius 1 is 1.38 bits per heavy atom. The summed E-state index contributed by atoms with van der Waals surface area (Å²) in [5, 5.41) is 15.3. The number of urea groups is 1. The van der Waals surface area contributed by atoms with Crippen LogP contribution in [0.25, 0.3) is 0 Å². The van der Waals surface area contributed by atoms with Crippen LogP contribution in [0.3, 0.4) is 0 Å². The second-order valence-corrected chi connectivity index (χ2v) is 6.40. The predicted molar refractivity (Wildman–Crippen MR) is 84.0 cm³/mol. The maximum absolute atomic E-state index is 12.1. The standard InChI is InChI=1S/C17H26N2O2/c1-11(8-13(3)20)10-18-17(21)19-16-12(2)9-14-6-4-5-7-15(14)16/h4-7,11-13,16,20H,8-10H2,1-3H3,(H2,18,19,21). The van der Waals surface area contributed by atoms with Crippen molar-refractivity contribution in [3.8, 4) is 0 Å². The molecule has 2 amide bonds. The molecule has 0 heterocycles. The molecule has 1 aliphatic rings. The van der Waals surface area contributed by atoms with Crippen LogP contribution in [0.5, 0.6) is 0 Å². The van der Waals surface area contributed by atoms with Crippen molar-refractivity contribution in [3.63, 3.8) is 0 Å². The number of amides is 2. The van der Waals surface area contributed by atoms with Crippen LogP contribution in [0, 0.1) is 11.8 Å². The zero-order chi connectivity index (χ0) is 15.4. The lowest BCUT2D eigenvalue weighted by Crippen LogP contribution is -2.41. The van der Waals surface area contributed by atoms with Crippen LogP contribution in [-0.4, -0.2) is 23.8 Å². The molecular formula is C17H26N2O2. The lowest BCUT2D eigenvalue weighted by atomic mass is 10.0. The van der Waals surface area contributed by atoms with Crippen LogP contribution in [0.2, 0.25) is 0 Å². The fourth-order valence-corrected chi connectivity index (χ4v) is 3.14. The number of hydrogen-bond acceptors (Lipinski definition) is 2. The van der Waals surface area contributed by atoms with Crippen molar-refractivity contribution >= 4 is 6.03 Å². The Labute approximate surface area is 126 Å². The van der Waals surface area contributed by atoms with Gasteiger partial charge < -0.3 is 15.7 Å². The highest BCUT2D eigenvalue weighted by Crippen LogP contribution is 2.35. The number of nitrogens with one attached hydrogen (secondary N) is 2. The minimum atomic E-state index is -0.327. The van der Waals surface area contributed by atoms with E-state index in [2.05, 4.69) is 29.7 Å². The van der Waals surface area contributed by atoms with Crippen molar-refractivity contribution in [2.45, 2.75) is 45.8 Å². The zero-order valence-corrected chi connectivity index (χ0v) is 13.1. The van der Waals surface area contributed by atoms with E-state index < -0.39 is 0 Å². The predicted octanol–water partition coefficient (Wildman–Crippen LogP) is 2.63. The van der Waals surface area contributed by atoms with E-state index in [-0.39, 0.29) is 24.1 Å². The first-order valence-electron chi connectivity index (χ1n) is 7.77. The summed E-state index contributed by atoms with van der Waals surface area (Å²) in [5.41, 5.74) is 2.56. The molecule has 2 rings (SSSR count). The first-order chi connectivity index (χ1) is 9.97. The van der Waals surface area contributed by atoms with Gasteiger partial charge in [0.15, 0.2) is 0 Å². The van der Waals surface area contributed by atoms with E-state index >= 15 is 0 Å². The number of aliphatic hydroxyl groups is 1. The van der Waals surface area contributed by atoms with Gasteiger partial charge in [-0.05, 0) is 42.7 Å². The van der Waals surface area contributed by atoms with Crippen molar-refractivity contribution in [1.29, 1.82) is 0 Å². The molecule has 0 saturated heterocycles. The number of hydrogen-bond donors (Lipinski definition) is 3. The maximum Gasteiger partial charge on any atom is 0.315 e. The summed E-state index contributed by atoms with van der Waals surface area (Å²) in [7, 11) is 0. The fourth-order valence-electron chi connectivity index (χ4n) is 3.14. The number of aliphatic hydroxyl groups excluding tert-OH is 1. The summed E-state index contributed by atoms with van der Waals surface area (Å²) >= 11 is 0. The molecule has 0 fully saturated rings. The Hall–Kier alpha value is -1.55. The van der Waals surface area contributed by atoms with Gasteiger partial charge in [-0.2, -0.15) is 0 Å². The van der Waals surface area contributed by atoms with E-state index in [9.17, 15) is 9.90 Å². The summed E-state index contributed by atoms with van der Waals surface area (Å²) in [6, 6.07) is 8.27. The molecule has 4 unspecified atom stereocenters. The molecule has 0 aliphatic heterocycles. The van der Waals surface area contributed by atoms with Gasteiger partial charge in [-0.3, -0.25) is 0 Å². The summed E-state index contributed by atoms with van der Waals surface area (Å²) in [4.78, 5) is 12.1. The van der Waals surface area contributed by atoms with Gasteiger partial charge in [-0.15, -0.1) is 0 Å². The van der Waals surface area contributed by atoms with Crippen molar-refractivity contribution in [2.24, 2.45) is 11.8 Å². The largest absolute Gasteiger partial charge is 0.393 e. The highest BCUT2D eigenvalue weighted by molar-refractivity contribution is 5.74. The maximum atomic E-state index is 12.1. The molecule has 3 N–H and O–H groups in total. The molecule has 0 aromatic heterocycles. The second-order valence-electron chi connectivity index (χ2n) is 6.40. The Balaban J connectivity index is 1.86. The average Bonchev–Trinajstić information content (AvgIpc) is 2.72. The quantitative estimate of drug-likeness (QED) is 0.780. The van der Waals surface area contributed by atoms with Crippen LogP contribution >= 0.6 is 0 Å². The van der Waals surface area contributed by atoms with Gasteiger partial charge in [0.25, 0.3) is 0 Å². The van der Waals surface area contributed by atoms with E-state index in [0.717, 1.165) is 6.42 Å². The normalized spacial score (nSPS) is 23.2. The summed E-state index contributed by atoms with van der Waals surface area (Å²) in [6.45, 7) is 6.55. The summed E-state index contributed by atoms with van der Waals surface area (Å²) < 4.78 is 0. The van der Waals surface area contributed by atoms with Crippen LogP contribution in [0.15, 0.2) is 24.3 Å². The Kier molecular flexibility index (Phi) is 5.23. The smallest absolute Gasteiger partial charge is 0.315 e. The van der Waals surface area contributed by atoms with E-state index in [4.69, 9.17) is 0 Å². The molecule has 1 aromatic carbocycles. The number of fused-ring (bicyclic) bond motifs is 1. The topological polar surface area (TPSA) is 61.4 Å². The Bertz CT molecular complexity index is 487. The minimum absolute atomic E-state index is 0.0910. The van der Waals surface area contributed by atoms with Gasteiger partial charge in [0.2, 0.25) is 0 Å². The molecule has 4 nitrogen and oxygen atoms in total. The van der Waals surface area contributed by atoms with Crippen molar-refractivity contribution in [2.75, 3.05) is 6.54 Å². The van der Waals surface area contributed by atoms with Gasteiger partial charge in [0, 0.05) is 6.54 Å². The molecule has 0 saturated carbocycles. The Morgan fingerprint density at radius 2 is 2.10 bits per heavy atom. The molecule has 1 aliphatic carbocycles. The van der Waals surface area contributed by atoms with Crippen LogP contribution in [0.4, 0.5) is 4.79 Å². The van der Waals surface area contributed by atoms with Crippen molar-refractivity contribution < 1.29 is 9.90 Å². The molecule has 4 heteroatoms. The molecule has 0 bridgehead atoms. The second kappa shape index (κ2) is 6.94. The first-order valence-corrected chi connectivity index (χ1v) is 7.77.